The Hall–Kier alpha value is -0.960. The molecule has 0 bridgehead atoms. The Morgan fingerprint density at radius 3 is 2.30 bits per heavy atom. The highest BCUT2D eigenvalue weighted by Gasteiger charge is 2.20. The average molecular weight is 283 g/mol. The summed E-state index contributed by atoms with van der Waals surface area (Å²) >= 11 is 0. The van der Waals surface area contributed by atoms with E-state index in [9.17, 15) is 8.78 Å². The SMILES string of the molecule is CCNC(CC(C)CC(C)(C)C)c1ccc(F)c(F)c1. The Balaban J connectivity index is 2.80. The summed E-state index contributed by atoms with van der Waals surface area (Å²) in [5.74, 6) is -1.03. The first-order valence-electron chi connectivity index (χ1n) is 7.41. The van der Waals surface area contributed by atoms with Crippen LogP contribution in [0.5, 0.6) is 0 Å². The minimum atomic E-state index is -0.785. The van der Waals surface area contributed by atoms with E-state index in [1.54, 1.807) is 6.07 Å². The van der Waals surface area contributed by atoms with Crippen molar-refractivity contribution in [2.45, 2.75) is 53.5 Å². The summed E-state index contributed by atoms with van der Waals surface area (Å²) in [5.41, 5.74) is 1.11. The van der Waals surface area contributed by atoms with Gasteiger partial charge in [0, 0.05) is 6.04 Å². The summed E-state index contributed by atoms with van der Waals surface area (Å²) in [5, 5.41) is 3.37. The predicted octanol–water partition coefficient (Wildman–Crippen LogP) is 5.08. The largest absolute Gasteiger partial charge is 0.310 e. The van der Waals surface area contributed by atoms with Crippen molar-refractivity contribution in [1.29, 1.82) is 0 Å². The molecule has 2 atom stereocenters. The van der Waals surface area contributed by atoms with Gasteiger partial charge in [0.25, 0.3) is 0 Å². The summed E-state index contributed by atoms with van der Waals surface area (Å²) in [6, 6.07) is 4.28. The lowest BCUT2D eigenvalue weighted by molar-refractivity contribution is 0.276. The van der Waals surface area contributed by atoms with Gasteiger partial charge in [-0.15, -0.1) is 0 Å². The molecule has 3 heteroatoms. The van der Waals surface area contributed by atoms with Gasteiger partial charge in [-0.1, -0.05) is 40.7 Å². The number of halogens is 2. The van der Waals surface area contributed by atoms with Crippen molar-refractivity contribution >= 4 is 0 Å². The van der Waals surface area contributed by atoms with Crippen molar-refractivity contribution in [2.24, 2.45) is 11.3 Å². The number of nitrogens with one attached hydrogen (secondary N) is 1. The molecule has 0 saturated carbocycles. The van der Waals surface area contributed by atoms with Crippen molar-refractivity contribution in [3.63, 3.8) is 0 Å². The van der Waals surface area contributed by atoms with Crippen LogP contribution in [-0.2, 0) is 0 Å². The van der Waals surface area contributed by atoms with Crippen LogP contribution >= 0.6 is 0 Å². The monoisotopic (exact) mass is 283 g/mol. The Labute approximate surface area is 121 Å². The molecule has 0 aromatic heterocycles. The van der Waals surface area contributed by atoms with E-state index in [-0.39, 0.29) is 11.5 Å². The highest BCUT2D eigenvalue weighted by atomic mass is 19.2. The standard InChI is InChI=1S/C17H27F2N/c1-6-20-16(9-12(2)11-17(3,4)5)13-7-8-14(18)15(19)10-13/h7-8,10,12,16,20H,6,9,11H2,1-5H3. The maximum Gasteiger partial charge on any atom is 0.159 e. The maximum absolute atomic E-state index is 13.4. The molecular weight excluding hydrogens is 256 g/mol. The van der Waals surface area contributed by atoms with Crippen LogP contribution in [0, 0.1) is 23.0 Å². The van der Waals surface area contributed by atoms with E-state index in [4.69, 9.17) is 0 Å². The van der Waals surface area contributed by atoms with Crippen molar-refractivity contribution in [2.75, 3.05) is 6.54 Å². The predicted molar refractivity (Wildman–Crippen MR) is 80.6 cm³/mol. The first-order valence-corrected chi connectivity index (χ1v) is 7.41. The molecule has 1 aromatic carbocycles. The molecule has 0 spiro atoms. The molecule has 0 fully saturated rings. The van der Waals surface area contributed by atoms with E-state index in [1.165, 1.54) is 12.1 Å². The van der Waals surface area contributed by atoms with Crippen molar-refractivity contribution < 1.29 is 8.78 Å². The van der Waals surface area contributed by atoms with Crippen LogP contribution in [0.3, 0.4) is 0 Å². The van der Waals surface area contributed by atoms with Gasteiger partial charge in [0.15, 0.2) is 11.6 Å². The molecule has 0 radical (unpaired) electrons. The molecule has 20 heavy (non-hydrogen) atoms. The van der Waals surface area contributed by atoms with Crippen LogP contribution in [-0.4, -0.2) is 6.54 Å². The van der Waals surface area contributed by atoms with Gasteiger partial charge in [-0.2, -0.15) is 0 Å². The van der Waals surface area contributed by atoms with E-state index in [2.05, 4.69) is 33.0 Å². The molecule has 2 unspecified atom stereocenters. The minimum absolute atomic E-state index is 0.0763. The Bertz CT molecular complexity index is 423. The summed E-state index contributed by atoms with van der Waals surface area (Å²) in [4.78, 5) is 0. The van der Waals surface area contributed by atoms with E-state index in [0.717, 1.165) is 24.9 Å². The molecule has 1 N–H and O–H groups in total. The minimum Gasteiger partial charge on any atom is -0.310 e. The fourth-order valence-corrected chi connectivity index (χ4v) is 2.84. The second-order valence-corrected chi connectivity index (χ2v) is 6.89. The topological polar surface area (TPSA) is 12.0 Å². The lowest BCUT2D eigenvalue weighted by atomic mass is 9.82. The van der Waals surface area contributed by atoms with Crippen LogP contribution in [0.1, 0.15) is 59.1 Å². The fraction of sp³-hybridized carbons (Fsp3) is 0.647. The summed E-state index contributed by atoms with van der Waals surface area (Å²) in [7, 11) is 0. The summed E-state index contributed by atoms with van der Waals surface area (Å²) in [6.45, 7) is 11.7. The fourth-order valence-electron chi connectivity index (χ4n) is 2.84. The van der Waals surface area contributed by atoms with Gasteiger partial charge in [-0.25, -0.2) is 8.78 Å². The molecule has 0 saturated heterocycles. The Morgan fingerprint density at radius 1 is 1.15 bits per heavy atom. The zero-order valence-electron chi connectivity index (χ0n) is 13.3. The molecule has 1 nitrogen and oxygen atoms in total. The lowest BCUT2D eigenvalue weighted by Gasteiger charge is -2.27. The molecule has 0 aliphatic rings. The zero-order chi connectivity index (χ0) is 15.3. The van der Waals surface area contributed by atoms with Gasteiger partial charge in [-0.3, -0.25) is 0 Å². The smallest absolute Gasteiger partial charge is 0.159 e. The first kappa shape index (κ1) is 17.1. The molecule has 0 aliphatic heterocycles. The average Bonchev–Trinajstić information content (AvgIpc) is 2.30. The third-order valence-electron chi connectivity index (χ3n) is 3.40. The van der Waals surface area contributed by atoms with Gasteiger partial charge < -0.3 is 5.32 Å². The van der Waals surface area contributed by atoms with E-state index >= 15 is 0 Å². The van der Waals surface area contributed by atoms with Crippen LogP contribution in [0.2, 0.25) is 0 Å². The summed E-state index contributed by atoms with van der Waals surface area (Å²) < 4.78 is 26.4. The van der Waals surface area contributed by atoms with Crippen molar-refractivity contribution in [3.05, 3.63) is 35.4 Å². The quantitative estimate of drug-likeness (QED) is 0.768. The van der Waals surface area contributed by atoms with Crippen LogP contribution in [0.4, 0.5) is 8.78 Å². The lowest BCUT2D eigenvalue weighted by Crippen LogP contribution is -2.24. The zero-order valence-corrected chi connectivity index (χ0v) is 13.3. The number of benzene rings is 1. The molecule has 0 aliphatic carbocycles. The van der Waals surface area contributed by atoms with Crippen molar-refractivity contribution in [1.82, 2.24) is 5.32 Å². The third-order valence-corrected chi connectivity index (χ3v) is 3.40. The van der Waals surface area contributed by atoms with Gasteiger partial charge in [0.05, 0.1) is 0 Å². The van der Waals surface area contributed by atoms with E-state index < -0.39 is 11.6 Å². The molecular formula is C17H27F2N. The highest BCUT2D eigenvalue weighted by molar-refractivity contribution is 5.21. The Kier molecular flexibility index (Phi) is 6.12. The van der Waals surface area contributed by atoms with E-state index in [1.807, 2.05) is 6.92 Å². The number of hydrogen-bond donors (Lipinski definition) is 1. The van der Waals surface area contributed by atoms with Crippen LogP contribution in [0.15, 0.2) is 18.2 Å². The number of rotatable bonds is 6. The van der Waals surface area contributed by atoms with Gasteiger partial charge in [0.2, 0.25) is 0 Å². The van der Waals surface area contributed by atoms with E-state index in [0.29, 0.717) is 5.92 Å². The molecule has 0 amide bonds. The second kappa shape index (κ2) is 7.16. The third kappa shape index (κ3) is 5.58. The van der Waals surface area contributed by atoms with Gasteiger partial charge in [0.1, 0.15) is 0 Å². The number of hydrogen-bond acceptors (Lipinski definition) is 1. The normalized spacial score (nSPS) is 15.2. The van der Waals surface area contributed by atoms with Gasteiger partial charge in [-0.05, 0) is 48.4 Å². The Morgan fingerprint density at radius 2 is 1.80 bits per heavy atom. The molecule has 1 rings (SSSR count). The molecule has 1 aromatic rings. The van der Waals surface area contributed by atoms with Gasteiger partial charge >= 0.3 is 0 Å². The molecule has 114 valence electrons. The first-order chi connectivity index (χ1) is 9.23. The molecule has 0 heterocycles. The highest BCUT2D eigenvalue weighted by Crippen LogP contribution is 2.30. The van der Waals surface area contributed by atoms with Crippen molar-refractivity contribution in [3.8, 4) is 0 Å². The van der Waals surface area contributed by atoms with Crippen LogP contribution in [0.25, 0.3) is 0 Å². The summed E-state index contributed by atoms with van der Waals surface area (Å²) in [6.07, 6.45) is 2.04. The second-order valence-electron chi connectivity index (χ2n) is 6.89. The maximum atomic E-state index is 13.4. The van der Waals surface area contributed by atoms with Crippen LogP contribution < -0.4 is 5.32 Å².